The highest BCUT2D eigenvalue weighted by atomic mass is 79.9. The minimum atomic E-state index is -0.0120. The molecule has 0 aliphatic carbocycles. The van der Waals surface area contributed by atoms with E-state index in [0.29, 0.717) is 17.3 Å². The van der Waals surface area contributed by atoms with E-state index in [-0.39, 0.29) is 5.91 Å². The summed E-state index contributed by atoms with van der Waals surface area (Å²) >= 11 is 7.03. The third-order valence-corrected chi connectivity index (χ3v) is 4.28. The number of hydrogen-bond donors (Lipinski definition) is 1. The average molecular weight is 377 g/mol. The van der Waals surface area contributed by atoms with Crippen molar-refractivity contribution in [2.45, 2.75) is 32.0 Å². The van der Waals surface area contributed by atoms with E-state index >= 15 is 0 Å². The maximum absolute atomic E-state index is 12.1. The van der Waals surface area contributed by atoms with Gasteiger partial charge < -0.3 is 5.32 Å². The molecule has 100 valence electrons. The summed E-state index contributed by atoms with van der Waals surface area (Å²) in [7, 11) is 0. The summed E-state index contributed by atoms with van der Waals surface area (Å²) in [6.07, 6.45) is 1.05. The van der Waals surface area contributed by atoms with Crippen molar-refractivity contribution < 1.29 is 4.79 Å². The van der Waals surface area contributed by atoms with Crippen molar-refractivity contribution in [2.75, 3.05) is 6.54 Å². The number of nitrogens with one attached hydrogen (secondary N) is 1. The number of carbonyl (C=O) groups is 1. The molecule has 18 heavy (non-hydrogen) atoms. The third kappa shape index (κ3) is 4.73. The van der Waals surface area contributed by atoms with Crippen LogP contribution in [0.15, 0.2) is 22.7 Å². The molecule has 0 saturated carbocycles. The molecule has 0 fully saturated rings. The molecule has 0 radical (unpaired) electrons. The largest absolute Gasteiger partial charge is 0.351 e. The van der Waals surface area contributed by atoms with Crippen LogP contribution in [0.5, 0.6) is 0 Å². The first-order valence-corrected chi connectivity index (χ1v) is 7.80. The predicted molar refractivity (Wildman–Crippen MR) is 83.4 cm³/mol. The quantitative estimate of drug-likeness (QED) is 0.762. The van der Waals surface area contributed by atoms with Crippen LogP contribution in [0.25, 0.3) is 0 Å². The Balaban J connectivity index is 2.58. The molecular formula is C14H19Br2NO. The van der Waals surface area contributed by atoms with Gasteiger partial charge in [-0.1, -0.05) is 51.8 Å². The topological polar surface area (TPSA) is 29.1 Å². The number of halogens is 2. The molecule has 0 aliphatic rings. The summed E-state index contributed by atoms with van der Waals surface area (Å²) in [5, 5.41) is 2.97. The van der Waals surface area contributed by atoms with Crippen molar-refractivity contribution in [2.24, 2.45) is 5.92 Å². The third-order valence-electron chi connectivity index (χ3n) is 2.72. The number of benzene rings is 1. The van der Waals surface area contributed by atoms with Crippen LogP contribution in [0.2, 0.25) is 0 Å². The Kier molecular flexibility index (Phi) is 6.36. The van der Waals surface area contributed by atoms with E-state index in [1.54, 1.807) is 0 Å². The Bertz CT molecular complexity index is 418. The van der Waals surface area contributed by atoms with Gasteiger partial charge in [-0.3, -0.25) is 4.79 Å². The Morgan fingerprint density at radius 1 is 1.39 bits per heavy atom. The lowest BCUT2D eigenvalue weighted by Crippen LogP contribution is -2.30. The second-order valence-corrected chi connectivity index (χ2v) is 7.00. The predicted octanol–water partition coefficient (Wildman–Crippen LogP) is 4.30. The molecule has 0 bridgehead atoms. The smallest absolute Gasteiger partial charge is 0.251 e. The molecule has 1 rings (SSSR count). The highest BCUT2D eigenvalue weighted by Gasteiger charge is 2.13. The summed E-state index contributed by atoms with van der Waals surface area (Å²) in [5.74, 6) is 0.612. The minimum absolute atomic E-state index is 0.0120. The molecule has 1 unspecified atom stereocenters. The van der Waals surface area contributed by atoms with E-state index in [1.165, 1.54) is 0 Å². The highest BCUT2D eigenvalue weighted by molar-refractivity contribution is 9.10. The van der Waals surface area contributed by atoms with E-state index < -0.39 is 0 Å². The number of amides is 1. The zero-order valence-electron chi connectivity index (χ0n) is 11.0. The van der Waals surface area contributed by atoms with Gasteiger partial charge in [0.05, 0.1) is 0 Å². The van der Waals surface area contributed by atoms with Gasteiger partial charge in [-0.25, -0.2) is 0 Å². The molecule has 1 atom stereocenters. The molecule has 0 heterocycles. The van der Waals surface area contributed by atoms with Gasteiger partial charge in [-0.15, -0.1) is 0 Å². The molecular weight excluding hydrogens is 358 g/mol. The second-order valence-electron chi connectivity index (χ2n) is 4.85. The van der Waals surface area contributed by atoms with Gasteiger partial charge >= 0.3 is 0 Å². The number of alkyl halides is 1. The average Bonchev–Trinajstić information content (AvgIpc) is 2.29. The van der Waals surface area contributed by atoms with Crippen molar-refractivity contribution in [3.05, 3.63) is 33.8 Å². The van der Waals surface area contributed by atoms with Crippen molar-refractivity contribution in [1.82, 2.24) is 5.32 Å². The minimum Gasteiger partial charge on any atom is -0.351 e. The lowest BCUT2D eigenvalue weighted by molar-refractivity contribution is 0.0952. The maximum atomic E-state index is 12.1. The zero-order chi connectivity index (χ0) is 13.7. The first-order valence-electron chi connectivity index (χ1n) is 6.09. The van der Waals surface area contributed by atoms with Crippen LogP contribution in [0.3, 0.4) is 0 Å². The van der Waals surface area contributed by atoms with Crippen LogP contribution in [-0.2, 0) is 0 Å². The fourth-order valence-electron chi connectivity index (χ4n) is 1.75. The fourth-order valence-corrected chi connectivity index (χ4v) is 3.02. The summed E-state index contributed by atoms with van der Waals surface area (Å²) in [4.78, 5) is 12.4. The van der Waals surface area contributed by atoms with Crippen LogP contribution in [0.4, 0.5) is 0 Å². The van der Waals surface area contributed by atoms with Gasteiger partial charge in [0, 0.05) is 21.4 Å². The molecule has 0 spiro atoms. The highest BCUT2D eigenvalue weighted by Crippen LogP contribution is 2.19. The van der Waals surface area contributed by atoms with E-state index in [1.807, 2.05) is 25.1 Å². The van der Waals surface area contributed by atoms with E-state index in [0.717, 1.165) is 22.0 Å². The second kappa shape index (κ2) is 7.29. The monoisotopic (exact) mass is 375 g/mol. The van der Waals surface area contributed by atoms with Gasteiger partial charge in [0.25, 0.3) is 5.91 Å². The van der Waals surface area contributed by atoms with Crippen molar-refractivity contribution in [3.63, 3.8) is 0 Å². The number of carbonyl (C=O) groups excluding carboxylic acids is 1. The van der Waals surface area contributed by atoms with Crippen molar-refractivity contribution in [3.8, 4) is 0 Å². The van der Waals surface area contributed by atoms with Crippen LogP contribution < -0.4 is 5.32 Å². The first-order chi connectivity index (χ1) is 8.41. The van der Waals surface area contributed by atoms with Crippen LogP contribution in [0, 0.1) is 12.8 Å². The van der Waals surface area contributed by atoms with Gasteiger partial charge in [-0.2, -0.15) is 0 Å². The molecule has 1 amide bonds. The molecule has 4 heteroatoms. The molecule has 0 aromatic heterocycles. The summed E-state index contributed by atoms with van der Waals surface area (Å²) in [6.45, 7) is 6.95. The molecule has 1 aromatic rings. The summed E-state index contributed by atoms with van der Waals surface area (Å²) in [6, 6.07) is 5.67. The first kappa shape index (κ1) is 15.7. The Hall–Kier alpha value is -0.350. The van der Waals surface area contributed by atoms with Crippen molar-refractivity contribution in [1.29, 1.82) is 0 Å². The fraction of sp³-hybridized carbons (Fsp3) is 0.500. The number of hydrogen-bond acceptors (Lipinski definition) is 1. The number of rotatable bonds is 5. The molecule has 0 saturated heterocycles. The zero-order valence-corrected chi connectivity index (χ0v) is 14.1. The Morgan fingerprint density at radius 2 is 2.06 bits per heavy atom. The Morgan fingerprint density at radius 3 is 2.67 bits per heavy atom. The summed E-state index contributed by atoms with van der Waals surface area (Å²) < 4.78 is 0.965. The van der Waals surface area contributed by atoms with Gasteiger partial charge in [0.1, 0.15) is 0 Å². The molecule has 1 N–H and O–H groups in total. The molecule has 2 nitrogen and oxygen atoms in total. The summed E-state index contributed by atoms with van der Waals surface area (Å²) in [5.41, 5.74) is 1.71. The van der Waals surface area contributed by atoms with Gasteiger partial charge in [0.15, 0.2) is 0 Å². The van der Waals surface area contributed by atoms with E-state index in [2.05, 4.69) is 51.0 Å². The SMILES string of the molecule is Cc1c(Br)cccc1C(=O)NCC(Br)CC(C)C. The van der Waals surface area contributed by atoms with Crippen molar-refractivity contribution >= 4 is 37.8 Å². The van der Waals surface area contributed by atoms with Gasteiger partial charge in [0.2, 0.25) is 0 Å². The molecule has 0 aliphatic heterocycles. The molecule has 1 aromatic carbocycles. The lowest BCUT2D eigenvalue weighted by atomic mass is 10.1. The maximum Gasteiger partial charge on any atom is 0.251 e. The van der Waals surface area contributed by atoms with E-state index in [4.69, 9.17) is 0 Å². The van der Waals surface area contributed by atoms with Crippen LogP contribution >= 0.6 is 31.9 Å². The van der Waals surface area contributed by atoms with Gasteiger partial charge in [-0.05, 0) is 37.0 Å². The normalized spacial score (nSPS) is 12.6. The Labute approximate surface area is 126 Å². The standard InChI is InChI=1S/C14H19Br2NO/c1-9(2)7-11(15)8-17-14(18)12-5-4-6-13(16)10(12)3/h4-6,9,11H,7-8H2,1-3H3,(H,17,18). The van der Waals surface area contributed by atoms with Crippen LogP contribution in [-0.4, -0.2) is 17.3 Å². The van der Waals surface area contributed by atoms with E-state index in [9.17, 15) is 4.79 Å². The van der Waals surface area contributed by atoms with Crippen LogP contribution in [0.1, 0.15) is 36.2 Å². The lowest BCUT2D eigenvalue weighted by Gasteiger charge is -2.14.